The Morgan fingerprint density at radius 3 is 0.731 bits per heavy atom. The number of rotatable bonds is 10. The molecule has 12 radical (unpaired) electrons. The molecule has 0 aliphatic heterocycles. The molecule has 0 N–H and O–H groups in total. The van der Waals surface area contributed by atoms with Crippen molar-refractivity contribution in [2.45, 2.75) is 53.4 Å². The van der Waals surface area contributed by atoms with Crippen LogP contribution in [0.15, 0.2) is 0 Å². The van der Waals surface area contributed by atoms with Crippen molar-refractivity contribution >= 4 is 38.8 Å². The predicted octanol–water partition coefficient (Wildman–Crippen LogP) is 8.82. The first-order valence-corrected chi connectivity index (χ1v) is 16.7. The van der Waals surface area contributed by atoms with Gasteiger partial charge in [-0.05, 0) is 103 Å². The molecular formula is C20H32Cl4Ru2+4. The van der Waals surface area contributed by atoms with Gasteiger partial charge in [0.25, 0.3) is 0 Å². The second-order valence-corrected chi connectivity index (χ2v) is 10.7. The molecule has 6 heteroatoms. The first-order chi connectivity index (χ1) is 12.1. The van der Waals surface area contributed by atoms with Crippen LogP contribution in [0.4, 0.5) is 0 Å². The third kappa shape index (κ3) is 63.3. The van der Waals surface area contributed by atoms with E-state index < -0.39 is 0 Å². The van der Waals surface area contributed by atoms with Gasteiger partial charge in [-0.15, -0.1) is 0 Å². The Balaban J connectivity index is -0.000000143. The van der Waals surface area contributed by atoms with Crippen LogP contribution >= 0.6 is 38.8 Å². The summed E-state index contributed by atoms with van der Waals surface area (Å²) in [4.78, 5) is 0. The van der Waals surface area contributed by atoms with Crippen molar-refractivity contribution in [3.05, 3.63) is 77.0 Å². The molecule has 0 aromatic carbocycles. The normalized spacial score (nSPS) is 10.2. The Labute approximate surface area is 198 Å². The average molecular weight is 616 g/mol. The van der Waals surface area contributed by atoms with Gasteiger partial charge in [-0.25, -0.2) is 0 Å². The molecule has 0 saturated heterocycles. The van der Waals surface area contributed by atoms with Gasteiger partial charge in [0.2, 0.25) is 0 Å². The molecule has 0 aromatic heterocycles. The van der Waals surface area contributed by atoms with Gasteiger partial charge in [-0.3, -0.25) is 0 Å². The van der Waals surface area contributed by atoms with E-state index >= 15 is 0 Å². The molecule has 0 aromatic rings. The molecule has 0 heterocycles. The summed E-state index contributed by atoms with van der Waals surface area (Å²) in [5.74, 6) is 4.59. The summed E-state index contributed by atoms with van der Waals surface area (Å²) in [6.45, 7) is 23.2. The SMILES string of the molecule is [CH2][C](C)[CH]CC[CH][C]([CH2])C.[CH2][C](C)[CH]CC[CH][C]([CH2])C.[Cl][Ru+2][Cl].[Cl][Ru+2][Cl]. The van der Waals surface area contributed by atoms with E-state index in [9.17, 15) is 0 Å². The molecular weight excluding hydrogens is 584 g/mol. The molecule has 0 spiro atoms. The number of unbranched alkanes of at least 4 members (excludes halogenated alkanes) is 2. The molecule has 26 heavy (non-hydrogen) atoms. The second-order valence-electron chi connectivity index (χ2n) is 5.46. The number of hydrogen-bond acceptors (Lipinski definition) is 0. The molecule has 0 rings (SSSR count). The van der Waals surface area contributed by atoms with E-state index in [1.807, 2.05) is 27.7 Å². The third-order valence-electron chi connectivity index (χ3n) is 2.30. The van der Waals surface area contributed by atoms with E-state index in [4.69, 9.17) is 38.8 Å². The van der Waals surface area contributed by atoms with Crippen molar-refractivity contribution in [3.63, 3.8) is 0 Å². The summed E-state index contributed by atoms with van der Waals surface area (Å²) in [6, 6.07) is 0. The van der Waals surface area contributed by atoms with E-state index in [0.29, 0.717) is 0 Å². The molecule has 0 atom stereocenters. The van der Waals surface area contributed by atoms with Crippen molar-refractivity contribution in [3.8, 4) is 0 Å². The van der Waals surface area contributed by atoms with Gasteiger partial charge in [0, 0.05) is 0 Å². The Kier molecular flexibility index (Phi) is 44.2. The summed E-state index contributed by atoms with van der Waals surface area (Å²) in [5.41, 5.74) is 0. The van der Waals surface area contributed by atoms with Crippen LogP contribution in [0.25, 0.3) is 0 Å². The maximum absolute atomic E-state index is 4.85. The predicted molar refractivity (Wildman–Crippen MR) is 116 cm³/mol. The summed E-state index contributed by atoms with van der Waals surface area (Å²) in [7, 11) is 19.4. The van der Waals surface area contributed by atoms with Gasteiger partial charge >= 0.3 is 69.1 Å². The van der Waals surface area contributed by atoms with Crippen LogP contribution in [0, 0.1) is 77.0 Å². The van der Waals surface area contributed by atoms with Crippen LogP contribution in [-0.2, 0) is 30.3 Å². The van der Waals surface area contributed by atoms with Gasteiger partial charge in [-0.1, -0.05) is 27.7 Å². The zero-order valence-corrected chi connectivity index (χ0v) is 22.7. The molecule has 0 amide bonds. The standard InChI is InChI=1S/2C10H16.4ClH.2Ru/c2*1-9(2)7-5-6-8-10(3)4;;;;;;/h2*7-8H,1,3,5-6H2,2,4H3;4*1H;;/q;;;;;;2*+4/p-4. The fourth-order valence-electron chi connectivity index (χ4n) is 1.32. The Hall–Kier alpha value is 2.41. The van der Waals surface area contributed by atoms with E-state index in [2.05, 4.69) is 53.4 Å². The minimum atomic E-state index is -0.346. The van der Waals surface area contributed by atoms with Crippen molar-refractivity contribution < 1.29 is 30.3 Å². The molecule has 152 valence electrons. The van der Waals surface area contributed by atoms with Crippen LogP contribution in [-0.4, -0.2) is 0 Å². The number of halogens is 4. The second kappa shape index (κ2) is 32.1. The Morgan fingerprint density at radius 2 is 0.654 bits per heavy atom. The summed E-state index contributed by atoms with van der Waals surface area (Å²) >= 11 is -0.691. The van der Waals surface area contributed by atoms with Gasteiger partial charge < -0.3 is 0 Å². The van der Waals surface area contributed by atoms with E-state index in [1.165, 1.54) is 0 Å². The minimum absolute atomic E-state index is 0.346. The zero-order chi connectivity index (χ0) is 21.4. The van der Waals surface area contributed by atoms with E-state index in [1.54, 1.807) is 0 Å². The van der Waals surface area contributed by atoms with Crippen molar-refractivity contribution in [2.75, 3.05) is 0 Å². The summed E-state index contributed by atoms with van der Waals surface area (Å²) in [6.07, 6.45) is 12.9. The van der Waals surface area contributed by atoms with Crippen LogP contribution in [0.1, 0.15) is 53.4 Å². The molecule has 0 unspecified atom stereocenters. The van der Waals surface area contributed by atoms with Crippen molar-refractivity contribution in [1.82, 2.24) is 0 Å². The van der Waals surface area contributed by atoms with Crippen LogP contribution in [0.5, 0.6) is 0 Å². The van der Waals surface area contributed by atoms with E-state index in [0.717, 1.165) is 49.4 Å². The maximum atomic E-state index is 4.85. The molecule has 0 saturated carbocycles. The fraction of sp³-hybridized carbons (Fsp3) is 0.400. The topological polar surface area (TPSA) is 0 Å². The average Bonchev–Trinajstić information content (AvgIpc) is 2.50. The van der Waals surface area contributed by atoms with Crippen molar-refractivity contribution in [1.29, 1.82) is 0 Å². The summed E-state index contributed by atoms with van der Waals surface area (Å²) in [5, 5.41) is 0. The first-order valence-electron chi connectivity index (χ1n) is 7.74. The number of hydrogen-bond donors (Lipinski definition) is 0. The molecule has 0 fully saturated rings. The Bertz CT molecular complexity index is 172. The van der Waals surface area contributed by atoms with Crippen LogP contribution < -0.4 is 0 Å². The molecule has 0 nitrogen and oxygen atoms in total. The van der Waals surface area contributed by atoms with Gasteiger partial charge in [-0.2, -0.15) is 0 Å². The molecule has 0 aliphatic carbocycles. The molecule has 0 aliphatic rings. The van der Waals surface area contributed by atoms with Crippen molar-refractivity contribution in [2.24, 2.45) is 0 Å². The summed E-state index contributed by atoms with van der Waals surface area (Å²) < 4.78 is 0. The van der Waals surface area contributed by atoms with Gasteiger partial charge in [0.15, 0.2) is 0 Å². The fourth-order valence-corrected chi connectivity index (χ4v) is 1.32. The third-order valence-corrected chi connectivity index (χ3v) is 2.30. The Morgan fingerprint density at radius 1 is 0.538 bits per heavy atom. The van der Waals surface area contributed by atoms with Gasteiger partial charge in [0.1, 0.15) is 0 Å². The van der Waals surface area contributed by atoms with Crippen LogP contribution in [0.2, 0.25) is 0 Å². The quantitative estimate of drug-likeness (QED) is 0.170. The monoisotopic (exact) mass is 616 g/mol. The zero-order valence-electron chi connectivity index (χ0n) is 16.2. The van der Waals surface area contributed by atoms with E-state index in [-0.39, 0.29) is 30.3 Å². The van der Waals surface area contributed by atoms with Crippen LogP contribution in [0.3, 0.4) is 0 Å². The molecule has 0 bridgehead atoms. The first kappa shape index (κ1) is 35.8. The van der Waals surface area contributed by atoms with Gasteiger partial charge in [0.05, 0.1) is 0 Å².